The molecule has 0 rings (SSSR count). The smallest absolute Gasteiger partial charge is 0.309 e. The number of esters is 3. The molecule has 0 saturated heterocycles. The average Bonchev–Trinajstić information content (AvgIpc) is 3.28. The Morgan fingerprint density at radius 3 is 0.968 bits per heavy atom. The van der Waals surface area contributed by atoms with Crippen molar-refractivity contribution in [2.75, 3.05) is 13.2 Å². The van der Waals surface area contributed by atoms with Crippen LogP contribution in [0.25, 0.3) is 0 Å². The first kappa shape index (κ1) is 60.1. The van der Waals surface area contributed by atoms with Gasteiger partial charge in [0.25, 0.3) is 0 Å². The SMILES string of the molecule is CC/C=C\C/C=C\C/C=C\C/C=C\C/C=C\CC(=O)OCC(COC(=O)CCCCCCCCCCCCCCCCC)OC(=O)CCCCCCCCCCCCCCCCC. The van der Waals surface area contributed by atoms with Crippen LogP contribution in [0.4, 0.5) is 0 Å². The lowest BCUT2D eigenvalue weighted by atomic mass is 10.0. The predicted octanol–water partition coefficient (Wildman–Crippen LogP) is 17.6. The summed E-state index contributed by atoms with van der Waals surface area (Å²) in [5.74, 6) is -1.02. The van der Waals surface area contributed by atoms with E-state index in [1.165, 1.54) is 154 Å². The van der Waals surface area contributed by atoms with Crippen molar-refractivity contribution in [1.29, 1.82) is 0 Å². The lowest BCUT2D eigenvalue weighted by molar-refractivity contribution is -0.166. The maximum absolute atomic E-state index is 12.8. The first-order chi connectivity index (χ1) is 31.0. The molecular weight excluding hydrogens is 781 g/mol. The second kappa shape index (κ2) is 51.7. The third kappa shape index (κ3) is 50.0. The van der Waals surface area contributed by atoms with Crippen LogP contribution < -0.4 is 0 Å². The minimum Gasteiger partial charge on any atom is -0.462 e. The fourth-order valence-electron chi connectivity index (χ4n) is 7.58. The lowest BCUT2D eigenvalue weighted by Crippen LogP contribution is -2.30. The van der Waals surface area contributed by atoms with Crippen molar-refractivity contribution in [1.82, 2.24) is 0 Å². The highest BCUT2D eigenvalue weighted by Gasteiger charge is 2.19. The van der Waals surface area contributed by atoms with E-state index in [0.29, 0.717) is 12.8 Å². The normalized spacial score (nSPS) is 12.5. The van der Waals surface area contributed by atoms with Gasteiger partial charge in [-0.15, -0.1) is 0 Å². The van der Waals surface area contributed by atoms with Crippen LogP contribution in [0.5, 0.6) is 0 Å². The van der Waals surface area contributed by atoms with Crippen molar-refractivity contribution in [3.05, 3.63) is 60.8 Å². The largest absolute Gasteiger partial charge is 0.462 e. The summed E-state index contributed by atoms with van der Waals surface area (Å²) in [6.45, 7) is 6.46. The van der Waals surface area contributed by atoms with Crippen LogP contribution in [-0.2, 0) is 28.6 Å². The van der Waals surface area contributed by atoms with E-state index >= 15 is 0 Å². The highest BCUT2D eigenvalue weighted by atomic mass is 16.6. The zero-order valence-electron chi connectivity index (χ0n) is 41.6. The van der Waals surface area contributed by atoms with Crippen LogP contribution in [0.15, 0.2) is 60.8 Å². The van der Waals surface area contributed by atoms with E-state index in [1.807, 2.05) is 6.08 Å². The number of hydrogen-bond donors (Lipinski definition) is 0. The van der Waals surface area contributed by atoms with Gasteiger partial charge < -0.3 is 14.2 Å². The molecular formula is C57H100O6. The molecule has 0 aromatic carbocycles. The van der Waals surface area contributed by atoms with Crippen molar-refractivity contribution in [2.45, 2.75) is 271 Å². The van der Waals surface area contributed by atoms with Gasteiger partial charge in [0.15, 0.2) is 6.10 Å². The fraction of sp³-hybridized carbons (Fsp3) is 0.772. The fourth-order valence-corrected chi connectivity index (χ4v) is 7.58. The van der Waals surface area contributed by atoms with Gasteiger partial charge in [-0.3, -0.25) is 14.4 Å². The molecule has 0 aromatic heterocycles. The van der Waals surface area contributed by atoms with Gasteiger partial charge in [-0.25, -0.2) is 0 Å². The van der Waals surface area contributed by atoms with Crippen molar-refractivity contribution in [3.8, 4) is 0 Å². The summed E-state index contributed by atoms with van der Waals surface area (Å²) in [5.41, 5.74) is 0. The Balaban J connectivity index is 4.46. The first-order valence-corrected chi connectivity index (χ1v) is 26.8. The maximum atomic E-state index is 12.8. The molecule has 0 amide bonds. The Hall–Kier alpha value is -2.89. The van der Waals surface area contributed by atoms with Gasteiger partial charge in [0.05, 0.1) is 6.42 Å². The number of unbranched alkanes of at least 4 members (excludes halogenated alkanes) is 28. The van der Waals surface area contributed by atoms with E-state index in [4.69, 9.17) is 14.2 Å². The Kier molecular flexibility index (Phi) is 49.4. The predicted molar refractivity (Wildman–Crippen MR) is 270 cm³/mol. The topological polar surface area (TPSA) is 78.9 Å². The average molecular weight is 881 g/mol. The van der Waals surface area contributed by atoms with Crippen molar-refractivity contribution < 1.29 is 28.6 Å². The highest BCUT2D eigenvalue weighted by Crippen LogP contribution is 2.16. The summed E-state index contributed by atoms with van der Waals surface area (Å²) in [6.07, 6.45) is 63.7. The Morgan fingerprint density at radius 2 is 0.619 bits per heavy atom. The summed E-state index contributed by atoms with van der Waals surface area (Å²) in [5, 5.41) is 0. The molecule has 0 N–H and O–H groups in total. The van der Waals surface area contributed by atoms with E-state index in [-0.39, 0.29) is 31.6 Å². The molecule has 0 bridgehead atoms. The third-order valence-electron chi connectivity index (χ3n) is 11.6. The quantitative estimate of drug-likeness (QED) is 0.0262. The summed E-state index contributed by atoms with van der Waals surface area (Å²) in [4.78, 5) is 38.0. The molecule has 1 unspecified atom stereocenters. The molecule has 0 aromatic rings. The molecule has 6 heteroatoms. The summed E-state index contributed by atoms with van der Waals surface area (Å²) in [6, 6.07) is 0. The van der Waals surface area contributed by atoms with Gasteiger partial charge in [-0.2, -0.15) is 0 Å². The molecule has 6 nitrogen and oxygen atoms in total. The number of ether oxygens (including phenoxy) is 3. The second-order valence-corrected chi connectivity index (χ2v) is 17.8. The van der Waals surface area contributed by atoms with Crippen LogP contribution in [0.3, 0.4) is 0 Å². The van der Waals surface area contributed by atoms with Gasteiger partial charge in [-0.1, -0.05) is 261 Å². The Bertz CT molecular complexity index is 1150. The van der Waals surface area contributed by atoms with Gasteiger partial charge >= 0.3 is 17.9 Å². The van der Waals surface area contributed by atoms with Crippen molar-refractivity contribution in [2.24, 2.45) is 0 Å². The zero-order valence-corrected chi connectivity index (χ0v) is 41.6. The zero-order chi connectivity index (χ0) is 45.8. The molecule has 0 fully saturated rings. The first-order valence-electron chi connectivity index (χ1n) is 26.8. The molecule has 0 aliphatic rings. The number of carbonyl (C=O) groups excluding carboxylic acids is 3. The monoisotopic (exact) mass is 881 g/mol. The van der Waals surface area contributed by atoms with E-state index < -0.39 is 12.1 Å². The lowest BCUT2D eigenvalue weighted by Gasteiger charge is -2.18. The number of rotatable bonds is 48. The van der Waals surface area contributed by atoms with Crippen LogP contribution in [-0.4, -0.2) is 37.2 Å². The summed E-state index contributed by atoms with van der Waals surface area (Å²) in [7, 11) is 0. The minimum atomic E-state index is -0.809. The molecule has 0 spiro atoms. The number of hydrogen-bond acceptors (Lipinski definition) is 6. The van der Waals surface area contributed by atoms with Gasteiger partial charge in [-0.05, 0) is 44.9 Å². The molecule has 0 saturated carbocycles. The number of carbonyl (C=O) groups is 3. The Labute approximate surface area is 390 Å². The molecule has 0 heterocycles. The van der Waals surface area contributed by atoms with Gasteiger partial charge in [0.2, 0.25) is 0 Å². The van der Waals surface area contributed by atoms with E-state index in [0.717, 1.165) is 70.6 Å². The van der Waals surface area contributed by atoms with Crippen molar-refractivity contribution >= 4 is 17.9 Å². The van der Waals surface area contributed by atoms with Crippen LogP contribution in [0.1, 0.15) is 265 Å². The van der Waals surface area contributed by atoms with Crippen LogP contribution in [0, 0.1) is 0 Å². The van der Waals surface area contributed by atoms with E-state index in [1.54, 1.807) is 6.08 Å². The van der Waals surface area contributed by atoms with Crippen molar-refractivity contribution in [3.63, 3.8) is 0 Å². The van der Waals surface area contributed by atoms with E-state index in [9.17, 15) is 14.4 Å². The molecule has 0 aliphatic carbocycles. The summed E-state index contributed by atoms with van der Waals surface area (Å²) < 4.78 is 16.7. The standard InChI is InChI=1S/C57H100O6/c1-4-7-10-13-16-19-22-25-28-31-34-37-40-43-46-49-55(58)61-52-54(63-57(60)51-48-45-42-39-36-33-30-27-24-21-18-15-12-9-6-3)53-62-56(59)50-47-44-41-38-35-32-29-26-23-20-17-14-11-8-5-2/h7,10,16,19,25,28,34,37,43,46,54H,4-6,8-9,11-15,17-18,20-24,26-27,29-33,35-36,38-42,44-45,47-53H2,1-3H3/b10-7-,19-16-,28-25-,37-34-,46-43-. The second-order valence-electron chi connectivity index (χ2n) is 17.8. The summed E-state index contributed by atoms with van der Waals surface area (Å²) >= 11 is 0. The highest BCUT2D eigenvalue weighted by molar-refractivity contribution is 5.72. The van der Waals surface area contributed by atoms with Crippen LogP contribution >= 0.6 is 0 Å². The van der Waals surface area contributed by atoms with Gasteiger partial charge in [0.1, 0.15) is 13.2 Å². The minimum absolute atomic E-state index is 0.100. The third-order valence-corrected chi connectivity index (χ3v) is 11.6. The van der Waals surface area contributed by atoms with Gasteiger partial charge in [0, 0.05) is 12.8 Å². The maximum Gasteiger partial charge on any atom is 0.309 e. The van der Waals surface area contributed by atoms with E-state index in [2.05, 4.69) is 69.4 Å². The molecule has 1 atom stereocenters. The molecule has 0 aliphatic heterocycles. The molecule has 364 valence electrons. The van der Waals surface area contributed by atoms with Crippen LogP contribution in [0.2, 0.25) is 0 Å². The number of allylic oxidation sites excluding steroid dienone is 9. The Morgan fingerprint density at radius 1 is 0.333 bits per heavy atom. The molecule has 0 radical (unpaired) electrons. The molecule has 63 heavy (non-hydrogen) atoms.